The number of benzene rings is 1. The van der Waals surface area contributed by atoms with Crippen LogP contribution in [-0.4, -0.2) is 16.6 Å². The highest BCUT2D eigenvalue weighted by atomic mass is 79.9. The largest absolute Gasteiger partial charge is 0.388 e. The van der Waals surface area contributed by atoms with Gasteiger partial charge in [-0.15, -0.1) is 0 Å². The van der Waals surface area contributed by atoms with Crippen molar-refractivity contribution in [3.05, 3.63) is 63.9 Å². The van der Waals surface area contributed by atoms with Crippen molar-refractivity contribution in [1.82, 2.24) is 4.98 Å². The van der Waals surface area contributed by atoms with E-state index in [1.807, 2.05) is 37.3 Å². The molecule has 0 fully saturated rings. The highest BCUT2D eigenvalue weighted by molar-refractivity contribution is 9.10. The Labute approximate surface area is 121 Å². The van der Waals surface area contributed by atoms with E-state index in [0.29, 0.717) is 6.54 Å². The molecule has 3 nitrogen and oxygen atoms in total. The average molecular weight is 321 g/mol. The molecule has 2 aromatic rings. The van der Waals surface area contributed by atoms with E-state index >= 15 is 0 Å². The van der Waals surface area contributed by atoms with E-state index in [4.69, 9.17) is 5.73 Å². The summed E-state index contributed by atoms with van der Waals surface area (Å²) >= 11 is 3.45. The van der Waals surface area contributed by atoms with Crippen molar-refractivity contribution in [3.63, 3.8) is 0 Å². The van der Waals surface area contributed by atoms with Crippen LogP contribution >= 0.6 is 15.9 Å². The molecule has 0 radical (unpaired) electrons. The van der Waals surface area contributed by atoms with Crippen LogP contribution in [0.5, 0.6) is 0 Å². The molecule has 1 heterocycles. The summed E-state index contributed by atoms with van der Waals surface area (Å²) in [5.74, 6) is -0.151. The summed E-state index contributed by atoms with van der Waals surface area (Å²) in [4.78, 5) is 4.09. The van der Waals surface area contributed by atoms with Gasteiger partial charge in [0.05, 0.1) is 6.10 Å². The Hall–Kier alpha value is -1.23. The predicted octanol–water partition coefficient (Wildman–Crippen LogP) is 2.93. The Bertz CT molecular complexity index is 525. The number of aromatic nitrogens is 1. The average Bonchev–Trinajstić information content (AvgIpc) is 2.39. The van der Waals surface area contributed by atoms with Gasteiger partial charge in [0.25, 0.3) is 0 Å². The van der Waals surface area contributed by atoms with Gasteiger partial charge in [0.1, 0.15) is 0 Å². The minimum Gasteiger partial charge on any atom is -0.388 e. The molecule has 0 saturated heterocycles. The minimum absolute atomic E-state index is 0.151. The smallest absolute Gasteiger partial charge is 0.0871 e. The van der Waals surface area contributed by atoms with Gasteiger partial charge in [-0.25, -0.2) is 0 Å². The maximum Gasteiger partial charge on any atom is 0.0871 e. The summed E-state index contributed by atoms with van der Waals surface area (Å²) in [5.41, 5.74) is 8.74. The number of nitrogens with two attached hydrogens (primary N) is 1. The molecular weight excluding hydrogens is 304 g/mol. The van der Waals surface area contributed by atoms with Crippen molar-refractivity contribution in [2.24, 2.45) is 5.73 Å². The first-order valence-electron chi connectivity index (χ1n) is 6.17. The maximum absolute atomic E-state index is 10.6. The van der Waals surface area contributed by atoms with Crippen LogP contribution in [0.15, 0.2) is 47.2 Å². The van der Waals surface area contributed by atoms with Crippen molar-refractivity contribution < 1.29 is 5.11 Å². The SMILES string of the molecule is Cc1cc(Br)cc(C(O)C(CN)c2cccnc2)c1. The number of halogens is 1. The van der Waals surface area contributed by atoms with Crippen LogP contribution in [-0.2, 0) is 0 Å². The topological polar surface area (TPSA) is 59.1 Å². The molecule has 1 aromatic heterocycles. The minimum atomic E-state index is -0.634. The first-order valence-corrected chi connectivity index (χ1v) is 6.96. The second kappa shape index (κ2) is 6.28. The van der Waals surface area contributed by atoms with Gasteiger partial charge in [-0.3, -0.25) is 4.98 Å². The van der Waals surface area contributed by atoms with E-state index in [1.165, 1.54) is 0 Å². The van der Waals surface area contributed by atoms with Gasteiger partial charge in [-0.1, -0.05) is 28.1 Å². The quantitative estimate of drug-likeness (QED) is 0.910. The van der Waals surface area contributed by atoms with Gasteiger partial charge in [0.15, 0.2) is 0 Å². The molecule has 0 amide bonds. The monoisotopic (exact) mass is 320 g/mol. The lowest BCUT2D eigenvalue weighted by Crippen LogP contribution is -2.20. The highest BCUT2D eigenvalue weighted by Crippen LogP contribution is 2.31. The number of hydrogen-bond acceptors (Lipinski definition) is 3. The number of aliphatic hydroxyl groups excluding tert-OH is 1. The van der Waals surface area contributed by atoms with Crippen LogP contribution in [0.2, 0.25) is 0 Å². The molecule has 0 bridgehead atoms. The fraction of sp³-hybridized carbons (Fsp3) is 0.267. The molecule has 0 spiro atoms. The lowest BCUT2D eigenvalue weighted by atomic mass is 9.89. The molecule has 0 aliphatic heterocycles. The van der Waals surface area contributed by atoms with Crippen molar-refractivity contribution in [2.45, 2.75) is 18.9 Å². The Balaban J connectivity index is 2.33. The van der Waals surface area contributed by atoms with Gasteiger partial charge >= 0.3 is 0 Å². The zero-order valence-corrected chi connectivity index (χ0v) is 12.3. The summed E-state index contributed by atoms with van der Waals surface area (Å²) in [5, 5.41) is 10.6. The Morgan fingerprint density at radius 3 is 2.68 bits per heavy atom. The molecule has 0 aliphatic carbocycles. The Kier molecular flexibility index (Phi) is 4.69. The van der Waals surface area contributed by atoms with Crippen LogP contribution in [0.25, 0.3) is 0 Å². The van der Waals surface area contributed by atoms with Crippen LogP contribution in [0.3, 0.4) is 0 Å². The lowest BCUT2D eigenvalue weighted by molar-refractivity contribution is 0.147. The first-order chi connectivity index (χ1) is 9.11. The molecule has 19 heavy (non-hydrogen) atoms. The molecule has 2 unspecified atom stereocenters. The van der Waals surface area contributed by atoms with Crippen LogP contribution < -0.4 is 5.73 Å². The number of nitrogens with zero attached hydrogens (tertiary/aromatic N) is 1. The predicted molar refractivity (Wildman–Crippen MR) is 79.9 cm³/mol. The van der Waals surface area contributed by atoms with Crippen molar-refractivity contribution in [2.75, 3.05) is 6.54 Å². The third-order valence-corrected chi connectivity index (χ3v) is 3.61. The molecule has 0 saturated carbocycles. The van der Waals surface area contributed by atoms with Crippen LogP contribution in [0, 0.1) is 6.92 Å². The third-order valence-electron chi connectivity index (χ3n) is 3.15. The van der Waals surface area contributed by atoms with E-state index in [1.54, 1.807) is 12.4 Å². The fourth-order valence-corrected chi connectivity index (χ4v) is 2.84. The van der Waals surface area contributed by atoms with E-state index < -0.39 is 6.10 Å². The Morgan fingerprint density at radius 1 is 1.32 bits per heavy atom. The van der Waals surface area contributed by atoms with Crippen LogP contribution in [0.4, 0.5) is 0 Å². The molecule has 2 atom stereocenters. The zero-order chi connectivity index (χ0) is 13.8. The number of pyridine rings is 1. The normalized spacial score (nSPS) is 14.1. The second-order valence-corrected chi connectivity index (χ2v) is 5.55. The molecule has 1 aromatic carbocycles. The van der Waals surface area contributed by atoms with Gasteiger partial charge in [-0.05, 0) is 41.8 Å². The molecule has 0 aliphatic rings. The van der Waals surface area contributed by atoms with Gasteiger partial charge in [0.2, 0.25) is 0 Å². The highest BCUT2D eigenvalue weighted by Gasteiger charge is 2.22. The molecular formula is C15H17BrN2O. The summed E-state index contributed by atoms with van der Waals surface area (Å²) < 4.78 is 0.962. The van der Waals surface area contributed by atoms with Gasteiger partial charge in [-0.2, -0.15) is 0 Å². The first kappa shape index (κ1) is 14.2. The zero-order valence-electron chi connectivity index (χ0n) is 10.8. The maximum atomic E-state index is 10.6. The van der Waals surface area contributed by atoms with E-state index in [2.05, 4.69) is 20.9 Å². The number of aryl methyl sites for hydroxylation is 1. The van der Waals surface area contributed by atoms with Crippen LogP contribution in [0.1, 0.15) is 28.7 Å². The number of hydrogen-bond donors (Lipinski definition) is 2. The summed E-state index contributed by atoms with van der Waals surface area (Å²) in [6.45, 7) is 2.38. The summed E-state index contributed by atoms with van der Waals surface area (Å²) in [7, 11) is 0. The van der Waals surface area contributed by atoms with Crippen molar-refractivity contribution in [3.8, 4) is 0 Å². The van der Waals surface area contributed by atoms with Gasteiger partial charge < -0.3 is 10.8 Å². The molecule has 100 valence electrons. The molecule has 2 rings (SSSR count). The lowest BCUT2D eigenvalue weighted by Gasteiger charge is -2.22. The molecule has 4 heteroatoms. The second-order valence-electron chi connectivity index (χ2n) is 4.64. The van der Waals surface area contributed by atoms with Crippen molar-refractivity contribution >= 4 is 15.9 Å². The molecule has 3 N–H and O–H groups in total. The fourth-order valence-electron chi connectivity index (χ4n) is 2.21. The Morgan fingerprint density at radius 2 is 2.11 bits per heavy atom. The van der Waals surface area contributed by atoms with E-state index in [0.717, 1.165) is 21.2 Å². The number of aliphatic hydroxyl groups is 1. The van der Waals surface area contributed by atoms with Gasteiger partial charge in [0, 0.05) is 29.3 Å². The number of rotatable bonds is 4. The van der Waals surface area contributed by atoms with E-state index in [9.17, 15) is 5.11 Å². The third kappa shape index (κ3) is 3.41. The summed E-state index contributed by atoms with van der Waals surface area (Å²) in [6.07, 6.45) is 2.84. The summed E-state index contributed by atoms with van der Waals surface area (Å²) in [6, 6.07) is 9.72. The standard InChI is InChI=1S/C15H17BrN2O/c1-10-5-12(7-13(16)6-10)15(19)14(8-17)11-3-2-4-18-9-11/h2-7,9,14-15,19H,8,17H2,1H3. The van der Waals surface area contributed by atoms with E-state index in [-0.39, 0.29) is 5.92 Å². The van der Waals surface area contributed by atoms with Crippen molar-refractivity contribution in [1.29, 1.82) is 0 Å².